The van der Waals surface area contributed by atoms with Gasteiger partial charge in [0.2, 0.25) is 0 Å². The summed E-state index contributed by atoms with van der Waals surface area (Å²) in [6, 6.07) is 0. The minimum absolute atomic E-state index is 0.858. The van der Waals surface area contributed by atoms with E-state index in [9.17, 15) is 0 Å². The monoisotopic (exact) mass is 174 g/mol. The molecule has 13 heavy (non-hydrogen) atoms. The maximum atomic E-state index is 2.67. The van der Waals surface area contributed by atoms with Gasteiger partial charge in [0.15, 0.2) is 0 Å². The molecule has 4 fully saturated rings. The zero-order valence-electron chi connectivity index (χ0n) is 8.47. The van der Waals surface area contributed by atoms with Gasteiger partial charge in [-0.1, -0.05) is 6.92 Å². The van der Waals surface area contributed by atoms with Crippen molar-refractivity contribution in [2.24, 2.45) is 34.0 Å². The Morgan fingerprint density at radius 3 is 2.00 bits per heavy atom. The van der Waals surface area contributed by atoms with Crippen LogP contribution in [0.3, 0.4) is 0 Å². The number of rotatable bonds is 0. The molecule has 70 valence electrons. The van der Waals surface area contributed by atoms with Gasteiger partial charge in [0, 0.05) is 0 Å². The van der Waals surface area contributed by atoms with Crippen LogP contribution in [-0.4, -0.2) is 0 Å². The van der Waals surface area contributed by atoms with Gasteiger partial charge in [0.25, 0.3) is 0 Å². The fourth-order valence-electron chi connectivity index (χ4n) is 7.61. The molecule has 0 heterocycles. The summed E-state index contributed by atoms with van der Waals surface area (Å²) in [4.78, 5) is 0. The largest absolute Gasteiger partial charge is 0.0588 e. The van der Waals surface area contributed by atoms with Gasteiger partial charge in [0.05, 0.1) is 0 Å². The van der Waals surface area contributed by atoms with E-state index in [0.29, 0.717) is 0 Å². The molecule has 0 aromatic rings. The standard InChI is InChI=1S/C13H18/c1-11-8-4-12-6-13(5-8,7-12)10(11)3-2-9(11)12/h8-10H,2-7H2,1H3. The smallest absolute Gasteiger partial charge is 0.0230 e. The van der Waals surface area contributed by atoms with Crippen molar-refractivity contribution < 1.29 is 0 Å². The Hall–Kier alpha value is 0. The first-order valence-corrected chi connectivity index (χ1v) is 6.20. The van der Waals surface area contributed by atoms with Crippen LogP contribution < -0.4 is 0 Å². The molecule has 0 aromatic carbocycles. The fourth-order valence-corrected chi connectivity index (χ4v) is 7.61. The molecule has 4 aliphatic rings. The number of hydrogen-bond acceptors (Lipinski definition) is 0. The molecule has 4 saturated carbocycles. The summed E-state index contributed by atoms with van der Waals surface area (Å²) in [7, 11) is 0. The summed E-state index contributed by atoms with van der Waals surface area (Å²) in [5, 5.41) is 0. The molecule has 0 radical (unpaired) electrons. The first-order chi connectivity index (χ1) is 6.20. The van der Waals surface area contributed by atoms with E-state index in [4.69, 9.17) is 0 Å². The number of fused-ring (bicyclic) bond motifs is 2. The SMILES string of the molecule is CC12C3CC45CC(C3)(C4)C1CCC52. The highest BCUT2D eigenvalue weighted by atomic mass is 14.9. The van der Waals surface area contributed by atoms with E-state index in [1.54, 1.807) is 38.5 Å². The van der Waals surface area contributed by atoms with Crippen LogP contribution in [-0.2, 0) is 0 Å². The van der Waals surface area contributed by atoms with Crippen molar-refractivity contribution in [1.82, 2.24) is 0 Å². The van der Waals surface area contributed by atoms with Crippen LogP contribution >= 0.6 is 0 Å². The second-order valence-corrected chi connectivity index (χ2v) is 7.23. The first kappa shape index (κ1) is 6.48. The third-order valence-corrected chi connectivity index (χ3v) is 7.32. The normalized spacial score (nSPS) is 80.5. The van der Waals surface area contributed by atoms with Crippen molar-refractivity contribution in [3.8, 4) is 0 Å². The van der Waals surface area contributed by atoms with Gasteiger partial charge in [-0.05, 0) is 72.5 Å². The van der Waals surface area contributed by atoms with Gasteiger partial charge in [-0.2, -0.15) is 0 Å². The van der Waals surface area contributed by atoms with E-state index in [1.807, 2.05) is 0 Å². The second kappa shape index (κ2) is 1.33. The lowest BCUT2D eigenvalue weighted by atomic mass is 9.40. The second-order valence-electron chi connectivity index (χ2n) is 7.23. The van der Waals surface area contributed by atoms with Gasteiger partial charge in [0.1, 0.15) is 0 Å². The van der Waals surface area contributed by atoms with Crippen molar-refractivity contribution in [1.29, 1.82) is 0 Å². The van der Waals surface area contributed by atoms with Crippen molar-refractivity contribution in [2.75, 3.05) is 0 Å². The molecule has 0 nitrogen and oxygen atoms in total. The average molecular weight is 174 g/mol. The summed E-state index contributed by atoms with van der Waals surface area (Å²) in [5.74, 6) is 3.53. The van der Waals surface area contributed by atoms with Crippen molar-refractivity contribution in [3.05, 3.63) is 0 Å². The summed E-state index contributed by atoms with van der Waals surface area (Å²) < 4.78 is 0. The van der Waals surface area contributed by atoms with Gasteiger partial charge < -0.3 is 0 Å². The Labute approximate surface area is 80.1 Å². The lowest BCUT2D eigenvalue weighted by molar-refractivity contribution is -0.156. The van der Waals surface area contributed by atoms with E-state index in [2.05, 4.69) is 6.92 Å². The zero-order chi connectivity index (χ0) is 8.47. The minimum Gasteiger partial charge on any atom is -0.0588 e. The predicted octanol–water partition coefficient (Wildman–Crippen LogP) is 3.22. The van der Waals surface area contributed by atoms with Gasteiger partial charge in [-0.3, -0.25) is 0 Å². The Bertz CT molecular complexity index is 284. The molecule has 0 aliphatic heterocycles. The molecule has 0 bridgehead atoms. The molecular formula is C13H18. The Morgan fingerprint density at radius 1 is 0.923 bits per heavy atom. The number of hydrogen-bond donors (Lipinski definition) is 0. The van der Waals surface area contributed by atoms with Crippen LogP contribution in [0.2, 0.25) is 0 Å². The summed E-state index contributed by atoms with van der Waals surface area (Å²) in [6.07, 6.45) is 9.85. The molecular weight excluding hydrogens is 156 g/mol. The topological polar surface area (TPSA) is 0 Å². The molecule has 2 unspecified atom stereocenters. The van der Waals surface area contributed by atoms with E-state index < -0.39 is 0 Å². The third-order valence-electron chi connectivity index (χ3n) is 7.32. The van der Waals surface area contributed by atoms with Gasteiger partial charge >= 0.3 is 0 Å². The third kappa shape index (κ3) is 0.369. The van der Waals surface area contributed by atoms with Crippen molar-refractivity contribution in [3.63, 3.8) is 0 Å². The molecule has 4 rings (SSSR count). The molecule has 0 N–H and O–H groups in total. The minimum atomic E-state index is 0.858. The van der Waals surface area contributed by atoms with E-state index in [-0.39, 0.29) is 0 Å². The lowest BCUT2D eigenvalue weighted by Crippen LogP contribution is -2.57. The highest BCUT2D eigenvalue weighted by molar-refractivity contribution is 5.33. The van der Waals surface area contributed by atoms with E-state index >= 15 is 0 Å². The lowest BCUT2D eigenvalue weighted by Gasteiger charge is -2.64. The Balaban J connectivity index is 1.90. The van der Waals surface area contributed by atoms with Crippen LogP contribution in [0, 0.1) is 34.0 Å². The van der Waals surface area contributed by atoms with Crippen LogP contribution in [0.25, 0.3) is 0 Å². The molecule has 0 aromatic heterocycles. The molecule has 0 heteroatoms. The summed E-state index contributed by atoms with van der Waals surface area (Å²) in [6.45, 7) is 2.67. The maximum Gasteiger partial charge on any atom is -0.0230 e. The molecule has 4 aliphatic carbocycles. The highest BCUT2D eigenvalue weighted by Gasteiger charge is 2.84. The van der Waals surface area contributed by atoms with Crippen molar-refractivity contribution >= 4 is 0 Å². The summed E-state index contributed by atoms with van der Waals surface area (Å²) in [5.41, 5.74) is 2.70. The summed E-state index contributed by atoms with van der Waals surface area (Å²) >= 11 is 0. The van der Waals surface area contributed by atoms with Crippen molar-refractivity contribution in [2.45, 2.75) is 45.4 Å². The molecule has 0 amide bonds. The van der Waals surface area contributed by atoms with Gasteiger partial charge in [-0.25, -0.2) is 0 Å². The molecule has 2 spiro atoms. The van der Waals surface area contributed by atoms with E-state index in [1.165, 1.54) is 17.8 Å². The Morgan fingerprint density at radius 2 is 1.46 bits per heavy atom. The quantitative estimate of drug-likeness (QED) is 0.529. The highest BCUT2D eigenvalue weighted by Crippen LogP contribution is 2.92. The first-order valence-electron chi connectivity index (χ1n) is 6.20. The fraction of sp³-hybridized carbons (Fsp3) is 1.00. The van der Waals surface area contributed by atoms with Crippen LogP contribution in [0.5, 0.6) is 0 Å². The molecule has 0 saturated heterocycles. The maximum absolute atomic E-state index is 2.67. The zero-order valence-corrected chi connectivity index (χ0v) is 8.47. The van der Waals surface area contributed by atoms with Gasteiger partial charge in [-0.15, -0.1) is 0 Å². The Kier molecular flexibility index (Phi) is 0.664. The predicted molar refractivity (Wildman–Crippen MR) is 51.1 cm³/mol. The van der Waals surface area contributed by atoms with Crippen LogP contribution in [0.1, 0.15) is 45.4 Å². The van der Waals surface area contributed by atoms with Crippen LogP contribution in [0.15, 0.2) is 0 Å². The molecule has 2 atom stereocenters. The average Bonchev–Trinajstić information content (AvgIpc) is 2.43. The van der Waals surface area contributed by atoms with Crippen LogP contribution in [0.4, 0.5) is 0 Å². The van der Waals surface area contributed by atoms with E-state index in [0.717, 1.165) is 16.2 Å².